The molecular weight excluding hydrogens is 320 g/mol. The van der Waals surface area contributed by atoms with Crippen molar-refractivity contribution >= 4 is 16.9 Å². The molecule has 0 unspecified atom stereocenters. The second kappa shape index (κ2) is 5.12. The molecule has 1 aliphatic rings. The van der Waals surface area contributed by atoms with Crippen LogP contribution < -0.4 is 5.32 Å². The molecule has 0 fully saturated rings. The van der Waals surface area contributed by atoms with Crippen LogP contribution in [0.4, 0.5) is 5.82 Å². The van der Waals surface area contributed by atoms with Gasteiger partial charge in [-0.3, -0.25) is 9.55 Å². The smallest absolute Gasteiger partial charge is 0.254 e. The van der Waals surface area contributed by atoms with Crippen molar-refractivity contribution in [2.45, 2.75) is 12.8 Å². The summed E-state index contributed by atoms with van der Waals surface area (Å²) < 4.78 is 13.2. The monoisotopic (exact) mass is 334 g/mol. The van der Waals surface area contributed by atoms with E-state index in [-0.39, 0.29) is 0 Å². The van der Waals surface area contributed by atoms with E-state index in [9.17, 15) is 0 Å². The maximum Gasteiger partial charge on any atom is 0.254 e. The van der Waals surface area contributed by atoms with Crippen molar-refractivity contribution in [2.24, 2.45) is 0 Å². The summed E-state index contributed by atoms with van der Waals surface area (Å²) >= 11 is 0. The second-order valence-corrected chi connectivity index (χ2v) is 5.66. The largest absolute Gasteiger partial charge is 0.334 e. The van der Waals surface area contributed by atoms with Crippen LogP contribution in [0.5, 0.6) is 0 Å². The topological polar surface area (TPSA) is 90.9 Å². The number of imidazole rings is 1. The zero-order chi connectivity index (χ0) is 16.9. The normalized spacial score (nSPS) is 18.6. The Balaban J connectivity index is 1.91. The summed E-state index contributed by atoms with van der Waals surface area (Å²) in [5.41, 5.74) is 3.19. The molecule has 0 radical (unpaired) electrons. The number of hydrogen-bond donors (Lipinski definition) is 1. The predicted molar refractivity (Wildman–Crippen MR) is 89.6 cm³/mol. The minimum Gasteiger partial charge on any atom is -0.334 e. The maximum atomic E-state index is 6.25. The molecule has 0 aliphatic carbocycles. The number of hydrogen-bond acceptors (Lipinski definition) is 7. The van der Waals surface area contributed by atoms with Gasteiger partial charge in [0.25, 0.3) is 5.85 Å². The predicted octanol–water partition coefficient (Wildman–Crippen LogP) is 2.60. The summed E-state index contributed by atoms with van der Waals surface area (Å²) in [5.74, 6) is 0.115. The van der Waals surface area contributed by atoms with Crippen molar-refractivity contribution in [3.8, 4) is 11.5 Å². The molecule has 8 heteroatoms. The third-order valence-electron chi connectivity index (χ3n) is 4.29. The molecule has 3 aromatic heterocycles. The van der Waals surface area contributed by atoms with Gasteiger partial charge in [-0.25, -0.2) is 9.61 Å². The van der Waals surface area contributed by atoms with E-state index >= 15 is 0 Å². The Kier molecular flexibility index (Phi) is 2.89. The molecule has 1 aromatic carbocycles. The van der Waals surface area contributed by atoms with Crippen molar-refractivity contribution < 1.29 is 9.37 Å². The number of anilines is 1. The Morgan fingerprint density at radius 2 is 2.00 bits per heavy atom. The van der Waals surface area contributed by atoms with Gasteiger partial charge in [0.2, 0.25) is 5.82 Å². The highest BCUT2D eigenvalue weighted by Gasteiger charge is 2.45. The minimum atomic E-state index is -1.02. The molecule has 0 bridgehead atoms. The van der Waals surface area contributed by atoms with E-state index in [1.165, 1.54) is 0 Å². The van der Waals surface area contributed by atoms with E-state index in [4.69, 9.17) is 14.3 Å². The van der Waals surface area contributed by atoms with Gasteiger partial charge in [-0.1, -0.05) is 12.1 Å². The zero-order valence-electron chi connectivity index (χ0n) is 13.4. The molecule has 1 atom stereocenters. The molecule has 0 spiro atoms. The highest BCUT2D eigenvalue weighted by molar-refractivity contribution is 5.84. The number of benzene rings is 1. The molecule has 8 nitrogen and oxygen atoms in total. The fraction of sp³-hybridized carbons (Fsp3) is 0.176. The van der Waals surface area contributed by atoms with E-state index in [0.29, 0.717) is 23.9 Å². The van der Waals surface area contributed by atoms with Crippen molar-refractivity contribution in [2.75, 3.05) is 11.9 Å². The van der Waals surface area contributed by atoms with Crippen LogP contribution in [-0.4, -0.2) is 31.5 Å². The van der Waals surface area contributed by atoms with Crippen molar-refractivity contribution in [3.63, 3.8) is 0 Å². The van der Waals surface area contributed by atoms with Crippen molar-refractivity contribution in [1.29, 1.82) is 0 Å². The lowest BCUT2D eigenvalue weighted by Crippen LogP contribution is -2.48. The van der Waals surface area contributed by atoms with Crippen LogP contribution in [0.25, 0.3) is 22.6 Å². The molecule has 0 amide bonds. The first-order valence-corrected chi connectivity index (χ1v) is 7.97. The highest BCUT2D eigenvalue weighted by Crippen LogP contribution is 2.42. The first-order valence-electron chi connectivity index (χ1n) is 7.97. The van der Waals surface area contributed by atoms with E-state index in [2.05, 4.69) is 20.6 Å². The molecule has 0 saturated heterocycles. The van der Waals surface area contributed by atoms with Gasteiger partial charge in [0.1, 0.15) is 0 Å². The lowest BCUT2D eigenvalue weighted by Gasteiger charge is -2.39. The van der Waals surface area contributed by atoms with E-state index in [1.807, 2.05) is 47.9 Å². The standard InChI is InChI=1S/C17H14N6O2/c1-2-24-17(11-7-9-18-10-8-11)20-15-14(21-25-22-15)16-19-12-5-3-4-6-13(12)23(16)17/h3-10H,2H2,1H3,(H,20,22)/t17-/m0/s1. The van der Waals surface area contributed by atoms with Gasteiger partial charge >= 0.3 is 0 Å². The number of ether oxygens (including phenoxy) is 1. The van der Waals surface area contributed by atoms with Crippen LogP contribution in [-0.2, 0) is 10.6 Å². The van der Waals surface area contributed by atoms with Gasteiger partial charge in [0, 0.05) is 24.6 Å². The number of fused-ring (bicyclic) bond motifs is 5. The number of rotatable bonds is 3. The average Bonchev–Trinajstić information content (AvgIpc) is 3.26. The second-order valence-electron chi connectivity index (χ2n) is 5.66. The van der Waals surface area contributed by atoms with Crippen LogP contribution in [0.1, 0.15) is 12.5 Å². The fourth-order valence-electron chi connectivity index (χ4n) is 3.31. The number of nitrogens with zero attached hydrogens (tertiary/aromatic N) is 5. The van der Waals surface area contributed by atoms with Gasteiger partial charge in [0.15, 0.2) is 11.5 Å². The highest BCUT2D eigenvalue weighted by atomic mass is 16.6. The third-order valence-corrected chi connectivity index (χ3v) is 4.29. The van der Waals surface area contributed by atoms with Crippen molar-refractivity contribution in [1.82, 2.24) is 24.8 Å². The van der Waals surface area contributed by atoms with Crippen LogP contribution in [0.15, 0.2) is 53.4 Å². The van der Waals surface area contributed by atoms with Gasteiger partial charge < -0.3 is 10.1 Å². The van der Waals surface area contributed by atoms with E-state index in [0.717, 1.165) is 16.6 Å². The van der Waals surface area contributed by atoms with E-state index in [1.54, 1.807) is 12.4 Å². The Morgan fingerprint density at radius 3 is 2.84 bits per heavy atom. The van der Waals surface area contributed by atoms with Gasteiger partial charge in [-0.2, -0.15) is 0 Å². The molecule has 1 aliphatic heterocycles. The minimum absolute atomic E-state index is 0.474. The lowest BCUT2D eigenvalue weighted by molar-refractivity contribution is -0.0427. The summed E-state index contributed by atoms with van der Waals surface area (Å²) in [6.07, 6.45) is 3.46. The number of nitrogens with one attached hydrogen (secondary N) is 1. The molecule has 1 N–H and O–H groups in total. The Labute approximate surface area is 142 Å². The van der Waals surface area contributed by atoms with Gasteiger partial charge in [-0.05, 0) is 41.5 Å². The molecule has 0 saturated carbocycles. The Hall–Kier alpha value is -3.26. The lowest BCUT2D eigenvalue weighted by atomic mass is 10.1. The van der Waals surface area contributed by atoms with Gasteiger partial charge in [0.05, 0.1) is 11.0 Å². The van der Waals surface area contributed by atoms with Crippen LogP contribution >= 0.6 is 0 Å². The molecule has 25 heavy (non-hydrogen) atoms. The summed E-state index contributed by atoms with van der Waals surface area (Å²) in [7, 11) is 0. The maximum absolute atomic E-state index is 6.25. The average molecular weight is 334 g/mol. The number of para-hydroxylation sites is 2. The molecular formula is C17H14N6O2. The zero-order valence-corrected chi connectivity index (χ0v) is 13.4. The molecule has 4 heterocycles. The first kappa shape index (κ1) is 14.1. The fourth-order valence-corrected chi connectivity index (χ4v) is 3.31. The molecule has 5 rings (SSSR count). The number of pyridine rings is 1. The third kappa shape index (κ3) is 1.85. The summed E-state index contributed by atoms with van der Waals surface area (Å²) in [4.78, 5) is 8.85. The van der Waals surface area contributed by atoms with Crippen LogP contribution in [0, 0.1) is 0 Å². The van der Waals surface area contributed by atoms with Gasteiger partial charge in [-0.15, -0.1) is 0 Å². The molecule has 4 aromatic rings. The summed E-state index contributed by atoms with van der Waals surface area (Å²) in [5, 5.41) is 11.3. The summed E-state index contributed by atoms with van der Waals surface area (Å²) in [6, 6.07) is 11.7. The molecule has 124 valence electrons. The quantitative estimate of drug-likeness (QED) is 0.616. The van der Waals surface area contributed by atoms with Crippen LogP contribution in [0.2, 0.25) is 0 Å². The van der Waals surface area contributed by atoms with Crippen LogP contribution in [0.3, 0.4) is 0 Å². The summed E-state index contributed by atoms with van der Waals surface area (Å²) in [6.45, 7) is 2.42. The Morgan fingerprint density at radius 1 is 1.16 bits per heavy atom. The number of aromatic nitrogens is 5. The first-order chi connectivity index (χ1) is 12.3. The Bertz CT molecular complexity index is 1060. The van der Waals surface area contributed by atoms with E-state index < -0.39 is 5.85 Å². The SMILES string of the molecule is CCO[C@@]1(c2ccncc2)Nc2nonc2-c2nc3ccccc3n21. The van der Waals surface area contributed by atoms with Crippen molar-refractivity contribution in [3.05, 3.63) is 54.4 Å².